The number of nitrogens with zero attached hydrogens (tertiary/aromatic N) is 2. The molecule has 1 atom stereocenters. The molecule has 0 aliphatic carbocycles. The van der Waals surface area contributed by atoms with Crippen LogP contribution in [0.15, 0.2) is 24.5 Å². The fraction of sp³-hybridized carbons (Fsp3) is 0.571. The Balaban J connectivity index is 2.21. The topological polar surface area (TPSA) is 33.2 Å². The van der Waals surface area contributed by atoms with Crippen LogP contribution in [0.3, 0.4) is 0 Å². The molecule has 1 unspecified atom stereocenters. The van der Waals surface area contributed by atoms with Gasteiger partial charge in [-0.1, -0.05) is 0 Å². The van der Waals surface area contributed by atoms with E-state index in [1.807, 2.05) is 30.9 Å². The van der Waals surface area contributed by atoms with Gasteiger partial charge in [0.2, 0.25) is 5.91 Å². The van der Waals surface area contributed by atoms with Crippen LogP contribution in [-0.2, 0) is 4.79 Å². The van der Waals surface area contributed by atoms with Crippen molar-refractivity contribution in [2.45, 2.75) is 32.7 Å². The predicted molar refractivity (Wildman–Crippen MR) is 72.4 cm³/mol. The van der Waals surface area contributed by atoms with Crippen molar-refractivity contribution >= 4 is 17.5 Å². The molecule has 0 radical (unpaired) electrons. The van der Waals surface area contributed by atoms with Crippen molar-refractivity contribution in [1.82, 2.24) is 9.88 Å². The lowest BCUT2D eigenvalue weighted by Gasteiger charge is -2.32. The molecule has 0 N–H and O–H groups in total. The minimum Gasteiger partial charge on any atom is -0.335 e. The maximum atomic E-state index is 12.5. The number of hydrogen-bond acceptors (Lipinski definition) is 2. The molecular weight excluding hydrogens is 248 g/mol. The molecule has 3 nitrogen and oxygen atoms in total. The number of hydrogen-bond donors (Lipinski definition) is 0. The monoisotopic (exact) mass is 266 g/mol. The summed E-state index contributed by atoms with van der Waals surface area (Å²) in [6.07, 6.45) is 5.64. The van der Waals surface area contributed by atoms with Crippen LogP contribution in [0.2, 0.25) is 0 Å². The first-order chi connectivity index (χ1) is 8.56. The van der Waals surface area contributed by atoms with E-state index in [9.17, 15) is 4.79 Å². The zero-order chi connectivity index (χ0) is 13.2. The number of amides is 1. The van der Waals surface area contributed by atoms with Gasteiger partial charge in [-0.05, 0) is 44.4 Å². The van der Waals surface area contributed by atoms with Gasteiger partial charge in [-0.15, -0.1) is 11.6 Å². The highest BCUT2D eigenvalue weighted by Gasteiger charge is 2.37. The second-order valence-corrected chi connectivity index (χ2v) is 5.72. The summed E-state index contributed by atoms with van der Waals surface area (Å²) in [6.45, 7) is 4.64. The Labute approximate surface area is 113 Å². The van der Waals surface area contributed by atoms with Crippen molar-refractivity contribution in [3.05, 3.63) is 30.1 Å². The van der Waals surface area contributed by atoms with Crippen LogP contribution < -0.4 is 0 Å². The number of alkyl halides is 1. The van der Waals surface area contributed by atoms with Crippen LogP contribution in [0.1, 0.15) is 38.3 Å². The summed E-state index contributed by atoms with van der Waals surface area (Å²) in [5.74, 6) is 0.502. The largest absolute Gasteiger partial charge is 0.335 e. The smallest absolute Gasteiger partial charge is 0.229 e. The number of halogens is 1. The quantitative estimate of drug-likeness (QED) is 0.788. The van der Waals surface area contributed by atoms with Gasteiger partial charge in [0.25, 0.3) is 0 Å². The molecule has 1 aromatic rings. The second-order valence-electron chi connectivity index (χ2n) is 5.45. The molecule has 1 aliphatic heterocycles. The fourth-order valence-corrected chi connectivity index (χ4v) is 2.50. The highest BCUT2D eigenvalue weighted by molar-refractivity contribution is 6.19. The first-order valence-electron chi connectivity index (χ1n) is 6.33. The lowest BCUT2D eigenvalue weighted by Crippen LogP contribution is -2.41. The molecule has 4 heteroatoms. The molecule has 0 bridgehead atoms. The Morgan fingerprint density at radius 3 is 2.78 bits per heavy atom. The number of aromatic nitrogens is 1. The SMILES string of the molecule is CC(C)(CCl)C(=O)N1CCCC1c1ccncc1. The van der Waals surface area contributed by atoms with Gasteiger partial charge in [-0.3, -0.25) is 9.78 Å². The van der Waals surface area contributed by atoms with E-state index >= 15 is 0 Å². The average Bonchev–Trinajstić information content (AvgIpc) is 2.87. The number of pyridine rings is 1. The Morgan fingerprint density at radius 1 is 1.50 bits per heavy atom. The molecule has 0 saturated carbocycles. The Hall–Kier alpha value is -1.09. The van der Waals surface area contributed by atoms with Crippen LogP contribution >= 0.6 is 11.6 Å². The molecule has 1 fully saturated rings. The molecule has 1 aromatic heterocycles. The molecule has 98 valence electrons. The lowest BCUT2D eigenvalue weighted by molar-refractivity contribution is -0.140. The second kappa shape index (κ2) is 5.27. The van der Waals surface area contributed by atoms with Gasteiger partial charge in [0.1, 0.15) is 0 Å². The molecule has 1 saturated heterocycles. The Morgan fingerprint density at radius 2 is 2.17 bits per heavy atom. The fourth-order valence-electron chi connectivity index (χ4n) is 2.39. The molecule has 18 heavy (non-hydrogen) atoms. The van der Waals surface area contributed by atoms with Gasteiger partial charge in [-0.25, -0.2) is 0 Å². The molecule has 2 rings (SSSR count). The molecule has 0 aromatic carbocycles. The van der Waals surface area contributed by atoms with Gasteiger partial charge in [0.15, 0.2) is 0 Å². The predicted octanol–water partition coefficient (Wildman–Crippen LogP) is 3.01. The Bertz CT molecular complexity index is 419. The standard InChI is InChI=1S/C14H19ClN2O/c1-14(2,10-15)13(18)17-9-3-4-12(17)11-5-7-16-8-6-11/h5-8,12H,3-4,9-10H2,1-2H3. The zero-order valence-electron chi connectivity index (χ0n) is 10.9. The van der Waals surface area contributed by atoms with Crippen molar-refractivity contribution in [2.24, 2.45) is 5.41 Å². The van der Waals surface area contributed by atoms with Crippen molar-refractivity contribution in [1.29, 1.82) is 0 Å². The van der Waals surface area contributed by atoms with Crippen LogP contribution in [-0.4, -0.2) is 28.2 Å². The molecular formula is C14H19ClN2O. The van der Waals surface area contributed by atoms with Gasteiger partial charge >= 0.3 is 0 Å². The molecule has 1 aliphatic rings. The summed E-state index contributed by atoms with van der Waals surface area (Å²) < 4.78 is 0. The van der Waals surface area contributed by atoms with Crippen molar-refractivity contribution in [3.63, 3.8) is 0 Å². The van der Waals surface area contributed by atoms with Gasteiger partial charge in [-0.2, -0.15) is 0 Å². The van der Waals surface area contributed by atoms with Gasteiger partial charge < -0.3 is 4.90 Å². The van der Waals surface area contributed by atoms with E-state index in [-0.39, 0.29) is 11.9 Å². The molecule has 1 amide bonds. The average molecular weight is 267 g/mol. The third-order valence-electron chi connectivity index (χ3n) is 3.52. The van der Waals surface area contributed by atoms with Gasteiger partial charge in [0.05, 0.1) is 11.5 Å². The van der Waals surface area contributed by atoms with Crippen LogP contribution in [0.25, 0.3) is 0 Å². The number of likely N-dealkylation sites (tertiary alicyclic amines) is 1. The van der Waals surface area contributed by atoms with E-state index in [0.717, 1.165) is 19.4 Å². The highest BCUT2D eigenvalue weighted by atomic mass is 35.5. The summed E-state index contributed by atoms with van der Waals surface area (Å²) in [4.78, 5) is 18.5. The van der Waals surface area contributed by atoms with E-state index in [2.05, 4.69) is 4.98 Å². The molecule has 0 spiro atoms. The summed E-state index contributed by atoms with van der Waals surface area (Å²) in [5.41, 5.74) is 0.679. The maximum absolute atomic E-state index is 12.5. The summed E-state index contributed by atoms with van der Waals surface area (Å²) in [5, 5.41) is 0. The van der Waals surface area contributed by atoms with Crippen molar-refractivity contribution in [2.75, 3.05) is 12.4 Å². The van der Waals surface area contributed by atoms with E-state index in [0.29, 0.717) is 5.88 Å². The number of carbonyl (C=O) groups is 1. The lowest BCUT2D eigenvalue weighted by atomic mass is 9.93. The molecule has 2 heterocycles. The maximum Gasteiger partial charge on any atom is 0.229 e. The highest BCUT2D eigenvalue weighted by Crippen LogP contribution is 2.35. The minimum atomic E-state index is -0.489. The van der Waals surface area contributed by atoms with Crippen LogP contribution in [0, 0.1) is 5.41 Å². The first kappa shape index (κ1) is 13.3. The van der Waals surface area contributed by atoms with Crippen molar-refractivity contribution < 1.29 is 4.79 Å². The van der Waals surface area contributed by atoms with Crippen molar-refractivity contribution in [3.8, 4) is 0 Å². The Kier molecular flexibility index (Phi) is 3.91. The normalized spacial score (nSPS) is 20.2. The summed E-state index contributed by atoms with van der Waals surface area (Å²) >= 11 is 5.90. The summed E-state index contributed by atoms with van der Waals surface area (Å²) in [6, 6.07) is 4.16. The number of carbonyl (C=O) groups excluding carboxylic acids is 1. The van der Waals surface area contributed by atoms with E-state index in [1.165, 1.54) is 5.56 Å². The third-order valence-corrected chi connectivity index (χ3v) is 4.19. The third kappa shape index (κ3) is 2.51. The zero-order valence-corrected chi connectivity index (χ0v) is 11.7. The van der Waals surface area contributed by atoms with E-state index in [1.54, 1.807) is 12.4 Å². The van der Waals surface area contributed by atoms with E-state index in [4.69, 9.17) is 11.6 Å². The van der Waals surface area contributed by atoms with Crippen LogP contribution in [0.4, 0.5) is 0 Å². The van der Waals surface area contributed by atoms with Gasteiger partial charge in [0, 0.05) is 24.8 Å². The number of rotatable bonds is 3. The first-order valence-corrected chi connectivity index (χ1v) is 6.86. The summed E-state index contributed by atoms with van der Waals surface area (Å²) in [7, 11) is 0. The van der Waals surface area contributed by atoms with Crippen LogP contribution in [0.5, 0.6) is 0 Å². The minimum absolute atomic E-state index is 0.150. The van der Waals surface area contributed by atoms with E-state index < -0.39 is 5.41 Å².